The number of rotatable bonds is 5. The van der Waals surface area contributed by atoms with Crippen LogP contribution in [-0.4, -0.2) is 78.0 Å². The second-order valence-electron chi connectivity index (χ2n) is 8.30. The third-order valence-electron chi connectivity index (χ3n) is 5.78. The second-order valence-corrected chi connectivity index (χ2v) is 8.30. The lowest BCUT2D eigenvalue weighted by Gasteiger charge is -2.37. The van der Waals surface area contributed by atoms with E-state index in [9.17, 15) is 14.4 Å². The van der Waals surface area contributed by atoms with Crippen LogP contribution in [0, 0.1) is 0 Å². The minimum atomic E-state index is -0.210. The summed E-state index contributed by atoms with van der Waals surface area (Å²) in [5.41, 5.74) is 0. The van der Waals surface area contributed by atoms with E-state index in [1.807, 2.05) is 18.7 Å². The van der Waals surface area contributed by atoms with Gasteiger partial charge in [0.2, 0.25) is 11.8 Å². The van der Waals surface area contributed by atoms with E-state index in [4.69, 9.17) is 0 Å². The predicted molar refractivity (Wildman–Crippen MR) is 102 cm³/mol. The first-order valence-electron chi connectivity index (χ1n) is 10.3. The number of hydrogen-bond acceptors (Lipinski definition) is 4. The maximum absolute atomic E-state index is 12.5. The highest BCUT2D eigenvalue weighted by atomic mass is 16.2. The van der Waals surface area contributed by atoms with Crippen LogP contribution in [0.25, 0.3) is 0 Å². The number of piperazine rings is 1. The minimum Gasteiger partial charge on any atom is -0.353 e. The number of nitrogens with one attached hydrogen (secondary N) is 3. The largest absolute Gasteiger partial charge is 0.353 e. The third kappa shape index (κ3) is 5.12. The molecule has 0 saturated carbocycles. The van der Waals surface area contributed by atoms with Crippen LogP contribution in [0.4, 0.5) is 4.79 Å². The van der Waals surface area contributed by atoms with Gasteiger partial charge in [-0.2, -0.15) is 0 Å². The first kappa shape index (κ1) is 19.9. The Labute approximate surface area is 161 Å². The molecular weight excluding hydrogens is 346 g/mol. The van der Waals surface area contributed by atoms with Gasteiger partial charge in [-0.3, -0.25) is 14.5 Å². The average Bonchev–Trinajstić information content (AvgIpc) is 3.05. The molecule has 3 heterocycles. The van der Waals surface area contributed by atoms with Gasteiger partial charge in [0.1, 0.15) is 0 Å². The van der Waals surface area contributed by atoms with Gasteiger partial charge >= 0.3 is 6.03 Å². The van der Waals surface area contributed by atoms with E-state index in [0.29, 0.717) is 25.9 Å². The maximum atomic E-state index is 12.5. The molecule has 3 saturated heterocycles. The maximum Gasteiger partial charge on any atom is 0.315 e. The normalized spacial score (nSPS) is 28.6. The monoisotopic (exact) mass is 379 g/mol. The van der Waals surface area contributed by atoms with Crippen molar-refractivity contribution in [3.8, 4) is 0 Å². The van der Waals surface area contributed by atoms with Crippen LogP contribution >= 0.6 is 0 Å². The number of carbonyl (C=O) groups is 3. The van der Waals surface area contributed by atoms with Gasteiger partial charge in [0.05, 0.1) is 6.04 Å². The van der Waals surface area contributed by atoms with E-state index < -0.39 is 0 Å². The molecule has 27 heavy (non-hydrogen) atoms. The van der Waals surface area contributed by atoms with Crippen LogP contribution in [0.5, 0.6) is 0 Å². The minimum absolute atomic E-state index is 0.0298. The smallest absolute Gasteiger partial charge is 0.315 e. The highest BCUT2D eigenvalue weighted by Gasteiger charge is 2.43. The van der Waals surface area contributed by atoms with Gasteiger partial charge in [0.15, 0.2) is 0 Å². The molecule has 0 aromatic rings. The molecule has 0 spiro atoms. The molecule has 3 N–H and O–H groups in total. The highest BCUT2D eigenvalue weighted by Crippen LogP contribution is 2.26. The Balaban J connectivity index is 1.52. The number of likely N-dealkylation sites (tertiary alicyclic amines) is 1. The van der Waals surface area contributed by atoms with Gasteiger partial charge in [0, 0.05) is 50.7 Å². The molecule has 0 aliphatic carbocycles. The third-order valence-corrected chi connectivity index (χ3v) is 5.78. The van der Waals surface area contributed by atoms with Crippen LogP contribution in [0.15, 0.2) is 0 Å². The zero-order valence-electron chi connectivity index (χ0n) is 16.5. The highest BCUT2D eigenvalue weighted by molar-refractivity contribution is 5.83. The molecule has 152 valence electrons. The van der Waals surface area contributed by atoms with Gasteiger partial charge < -0.3 is 20.9 Å². The van der Waals surface area contributed by atoms with Crippen LogP contribution in [-0.2, 0) is 9.59 Å². The Morgan fingerprint density at radius 1 is 1.22 bits per heavy atom. The van der Waals surface area contributed by atoms with E-state index in [2.05, 4.69) is 20.9 Å². The molecule has 8 heteroatoms. The standard InChI is InChI=1S/C19H33N5O3/c1-13(2)21-19(27)22-14-10-16-18(26)20-11-15(24(16)12-14)6-7-17(25)23-8-4-3-5-9-23/h13-16H,3-12H2,1-2H3,(H,20,26)(H2,21,22,27). The predicted octanol–water partition coefficient (Wildman–Crippen LogP) is 0.428. The van der Waals surface area contributed by atoms with Crippen LogP contribution in [0.1, 0.15) is 52.4 Å². The Kier molecular flexibility index (Phi) is 6.57. The molecule has 3 aliphatic heterocycles. The number of amides is 4. The molecular formula is C19H33N5O3. The van der Waals surface area contributed by atoms with Gasteiger partial charge in [-0.05, 0) is 46.0 Å². The lowest BCUT2D eigenvalue weighted by molar-refractivity contribution is -0.133. The Bertz CT molecular complexity index is 562. The van der Waals surface area contributed by atoms with Crippen molar-refractivity contribution in [1.82, 2.24) is 25.8 Å². The summed E-state index contributed by atoms with van der Waals surface area (Å²) in [5, 5.41) is 8.79. The van der Waals surface area contributed by atoms with E-state index >= 15 is 0 Å². The number of urea groups is 1. The number of nitrogens with zero attached hydrogens (tertiary/aromatic N) is 2. The fourth-order valence-electron chi connectivity index (χ4n) is 4.43. The van der Waals surface area contributed by atoms with Gasteiger partial charge in [-0.25, -0.2) is 4.79 Å². The summed E-state index contributed by atoms with van der Waals surface area (Å²) in [6.45, 7) is 6.83. The lowest BCUT2D eigenvalue weighted by atomic mass is 10.0. The fraction of sp³-hybridized carbons (Fsp3) is 0.842. The summed E-state index contributed by atoms with van der Waals surface area (Å²) in [5.74, 6) is 0.260. The number of fused-ring (bicyclic) bond motifs is 1. The second kappa shape index (κ2) is 8.91. The first-order valence-corrected chi connectivity index (χ1v) is 10.3. The summed E-state index contributed by atoms with van der Waals surface area (Å²) in [6.07, 6.45) is 5.31. The van der Waals surface area contributed by atoms with Crippen molar-refractivity contribution in [1.29, 1.82) is 0 Å². The van der Waals surface area contributed by atoms with Crippen molar-refractivity contribution in [2.24, 2.45) is 0 Å². The molecule has 3 rings (SSSR count). The summed E-state index contributed by atoms with van der Waals surface area (Å²) < 4.78 is 0. The molecule has 3 unspecified atom stereocenters. The average molecular weight is 380 g/mol. The van der Waals surface area contributed by atoms with Crippen LogP contribution in [0.2, 0.25) is 0 Å². The van der Waals surface area contributed by atoms with Crippen molar-refractivity contribution in [3.05, 3.63) is 0 Å². The van der Waals surface area contributed by atoms with Gasteiger partial charge in [0.25, 0.3) is 0 Å². The van der Waals surface area contributed by atoms with Crippen molar-refractivity contribution in [3.63, 3.8) is 0 Å². The summed E-state index contributed by atoms with van der Waals surface area (Å²) in [4.78, 5) is 40.9. The Morgan fingerprint density at radius 3 is 2.67 bits per heavy atom. The van der Waals surface area contributed by atoms with E-state index in [1.54, 1.807) is 0 Å². The van der Waals surface area contributed by atoms with Crippen molar-refractivity contribution < 1.29 is 14.4 Å². The number of hydrogen-bond donors (Lipinski definition) is 3. The van der Waals surface area contributed by atoms with E-state index in [1.165, 1.54) is 6.42 Å². The van der Waals surface area contributed by atoms with Gasteiger partial charge in [-0.15, -0.1) is 0 Å². The molecule has 4 amide bonds. The quantitative estimate of drug-likeness (QED) is 0.646. The van der Waals surface area contributed by atoms with E-state index in [-0.39, 0.29) is 42.0 Å². The SMILES string of the molecule is CC(C)NC(=O)NC1CC2C(=O)NCC(CCC(=O)N3CCCCC3)N2C1. The molecule has 3 aliphatic rings. The van der Waals surface area contributed by atoms with Gasteiger partial charge in [-0.1, -0.05) is 0 Å². The topological polar surface area (TPSA) is 93.8 Å². The molecule has 0 aromatic heterocycles. The Hall–Kier alpha value is -1.83. The zero-order valence-corrected chi connectivity index (χ0v) is 16.5. The fourth-order valence-corrected chi connectivity index (χ4v) is 4.43. The van der Waals surface area contributed by atoms with Crippen molar-refractivity contribution >= 4 is 17.8 Å². The number of carbonyl (C=O) groups excluding carboxylic acids is 3. The molecule has 0 radical (unpaired) electrons. The summed E-state index contributed by atoms with van der Waals surface area (Å²) >= 11 is 0. The molecule has 3 fully saturated rings. The van der Waals surface area contributed by atoms with Crippen LogP contribution in [0.3, 0.4) is 0 Å². The first-order chi connectivity index (χ1) is 12.9. The Morgan fingerprint density at radius 2 is 1.96 bits per heavy atom. The zero-order chi connectivity index (χ0) is 19.4. The molecule has 0 bridgehead atoms. The van der Waals surface area contributed by atoms with E-state index in [0.717, 1.165) is 32.4 Å². The molecule has 3 atom stereocenters. The number of piperidine rings is 1. The molecule has 8 nitrogen and oxygen atoms in total. The van der Waals surface area contributed by atoms with Crippen molar-refractivity contribution in [2.75, 3.05) is 26.2 Å². The molecule has 0 aromatic carbocycles. The van der Waals surface area contributed by atoms with Crippen molar-refractivity contribution in [2.45, 2.75) is 76.5 Å². The summed E-state index contributed by atoms with van der Waals surface area (Å²) in [7, 11) is 0. The lowest BCUT2D eigenvalue weighted by Crippen LogP contribution is -2.58. The van der Waals surface area contributed by atoms with Crippen LogP contribution < -0.4 is 16.0 Å². The summed E-state index contributed by atoms with van der Waals surface area (Å²) in [6, 6.07) is -0.213.